The quantitative estimate of drug-likeness (QED) is 0.896. The van der Waals surface area contributed by atoms with Gasteiger partial charge in [0, 0.05) is 7.05 Å². The van der Waals surface area contributed by atoms with Gasteiger partial charge in [0.15, 0.2) is 10.3 Å². The maximum Gasteiger partial charge on any atom is 0.338 e. The molecule has 0 radical (unpaired) electrons. The monoisotopic (exact) mass is 342 g/mol. The molecule has 1 saturated heterocycles. The van der Waals surface area contributed by atoms with Crippen LogP contribution in [0, 0.1) is 6.92 Å². The molecular formula is C10H15ClN2O5S2. The lowest BCUT2D eigenvalue weighted by Crippen LogP contribution is -2.30. The summed E-state index contributed by atoms with van der Waals surface area (Å²) in [6.45, 7) is 5.11. The maximum atomic E-state index is 11.5. The van der Waals surface area contributed by atoms with Crippen molar-refractivity contribution in [3.05, 3.63) is 15.0 Å². The molecule has 2 heterocycles. The van der Waals surface area contributed by atoms with Crippen LogP contribution in [0.5, 0.6) is 0 Å². The number of ether oxygens (including phenoxy) is 2. The Kier molecular flexibility index (Phi) is 4.41. The molecule has 2 rings (SSSR count). The SMILES string of the molecule is CNS(=O)(=O)OC1OC(C)(C)OC1c1sc(Cl)nc1C. The molecule has 1 fully saturated rings. The molecule has 114 valence electrons. The first-order valence-electron chi connectivity index (χ1n) is 5.74. The minimum atomic E-state index is -3.90. The molecule has 1 aliphatic rings. The van der Waals surface area contributed by atoms with Gasteiger partial charge in [-0.05, 0) is 20.8 Å². The van der Waals surface area contributed by atoms with Crippen LogP contribution in [-0.2, 0) is 24.0 Å². The lowest BCUT2D eigenvalue weighted by molar-refractivity contribution is -0.167. The Labute approximate surface area is 126 Å². The molecule has 1 aliphatic heterocycles. The minimum absolute atomic E-state index is 0.348. The van der Waals surface area contributed by atoms with E-state index in [2.05, 4.69) is 9.71 Å². The van der Waals surface area contributed by atoms with Gasteiger partial charge in [0.05, 0.1) is 10.6 Å². The summed E-state index contributed by atoms with van der Waals surface area (Å²) in [5.41, 5.74) is 0.654. The summed E-state index contributed by atoms with van der Waals surface area (Å²) < 4.78 is 41.6. The number of hydrogen-bond acceptors (Lipinski definition) is 7. The van der Waals surface area contributed by atoms with Gasteiger partial charge in [0.25, 0.3) is 0 Å². The smallest absolute Gasteiger partial charge is 0.336 e. The van der Waals surface area contributed by atoms with Crippen molar-refractivity contribution in [1.29, 1.82) is 0 Å². The molecule has 7 nitrogen and oxygen atoms in total. The summed E-state index contributed by atoms with van der Waals surface area (Å²) in [5, 5.41) is 0. The zero-order valence-corrected chi connectivity index (χ0v) is 13.7. The molecule has 1 N–H and O–H groups in total. The van der Waals surface area contributed by atoms with Gasteiger partial charge in [0.1, 0.15) is 6.10 Å². The summed E-state index contributed by atoms with van der Waals surface area (Å²) in [4.78, 5) is 4.76. The van der Waals surface area contributed by atoms with E-state index < -0.39 is 28.5 Å². The predicted molar refractivity (Wildman–Crippen MR) is 73.7 cm³/mol. The van der Waals surface area contributed by atoms with Crippen molar-refractivity contribution in [2.75, 3.05) is 7.05 Å². The summed E-state index contributed by atoms with van der Waals surface area (Å²) in [7, 11) is -2.65. The fourth-order valence-corrected chi connectivity index (χ4v) is 3.48. The molecule has 0 bridgehead atoms. The van der Waals surface area contributed by atoms with Crippen molar-refractivity contribution in [3.8, 4) is 0 Å². The molecule has 0 aliphatic carbocycles. The molecule has 0 saturated carbocycles. The largest absolute Gasteiger partial charge is 0.338 e. The Morgan fingerprint density at radius 2 is 2.10 bits per heavy atom. The van der Waals surface area contributed by atoms with Crippen LogP contribution < -0.4 is 4.72 Å². The molecular weight excluding hydrogens is 328 g/mol. The van der Waals surface area contributed by atoms with Crippen LogP contribution in [0.3, 0.4) is 0 Å². The van der Waals surface area contributed by atoms with E-state index >= 15 is 0 Å². The maximum absolute atomic E-state index is 11.5. The van der Waals surface area contributed by atoms with Gasteiger partial charge < -0.3 is 9.47 Å². The topological polar surface area (TPSA) is 86.8 Å². The summed E-state index contributed by atoms with van der Waals surface area (Å²) in [6, 6.07) is 0. The van der Waals surface area contributed by atoms with E-state index in [9.17, 15) is 8.42 Å². The lowest BCUT2D eigenvalue weighted by atomic mass is 10.2. The number of rotatable bonds is 4. The molecule has 2 atom stereocenters. The molecule has 0 aromatic carbocycles. The lowest BCUT2D eigenvalue weighted by Gasteiger charge is -2.16. The van der Waals surface area contributed by atoms with E-state index in [0.717, 1.165) is 0 Å². The summed E-state index contributed by atoms with van der Waals surface area (Å²) >= 11 is 7.07. The van der Waals surface area contributed by atoms with E-state index in [1.165, 1.54) is 18.4 Å². The fraction of sp³-hybridized carbons (Fsp3) is 0.700. The van der Waals surface area contributed by atoms with Gasteiger partial charge in [0.2, 0.25) is 6.29 Å². The van der Waals surface area contributed by atoms with Crippen LogP contribution in [0.1, 0.15) is 30.5 Å². The molecule has 1 aromatic heterocycles. The van der Waals surface area contributed by atoms with Crippen molar-refractivity contribution < 1.29 is 22.1 Å². The number of thiazole rings is 1. The third-order valence-electron chi connectivity index (χ3n) is 2.59. The molecule has 0 amide bonds. The van der Waals surface area contributed by atoms with Crippen LogP contribution in [0.2, 0.25) is 4.47 Å². The van der Waals surface area contributed by atoms with Crippen LogP contribution in [0.4, 0.5) is 0 Å². The van der Waals surface area contributed by atoms with E-state index in [1.54, 1.807) is 20.8 Å². The summed E-state index contributed by atoms with van der Waals surface area (Å²) in [6.07, 6.45) is -1.81. The second-order valence-corrected chi connectivity index (χ2v) is 7.72. The van der Waals surface area contributed by atoms with Gasteiger partial charge in [-0.15, -0.1) is 11.3 Å². The van der Waals surface area contributed by atoms with Crippen LogP contribution in [-0.4, -0.2) is 32.5 Å². The van der Waals surface area contributed by atoms with E-state index in [0.29, 0.717) is 15.0 Å². The average Bonchev–Trinajstić information content (AvgIpc) is 2.77. The van der Waals surface area contributed by atoms with Crippen molar-refractivity contribution in [3.63, 3.8) is 0 Å². The molecule has 0 spiro atoms. The number of halogens is 1. The van der Waals surface area contributed by atoms with Crippen LogP contribution in [0.25, 0.3) is 0 Å². The van der Waals surface area contributed by atoms with E-state index in [4.69, 9.17) is 25.3 Å². The predicted octanol–water partition coefficient (Wildman–Crippen LogP) is 1.74. The fourth-order valence-electron chi connectivity index (χ4n) is 1.79. The third-order valence-corrected chi connectivity index (χ3v) is 4.86. The Bertz CT molecular complexity index is 601. The van der Waals surface area contributed by atoms with Crippen molar-refractivity contribution in [2.24, 2.45) is 0 Å². The van der Waals surface area contributed by atoms with Gasteiger partial charge in [-0.3, -0.25) is 0 Å². The first kappa shape index (κ1) is 16.1. The number of aromatic nitrogens is 1. The second-order valence-electron chi connectivity index (χ2n) is 4.60. The highest BCUT2D eigenvalue weighted by atomic mass is 35.5. The van der Waals surface area contributed by atoms with Crippen molar-refractivity contribution >= 4 is 33.2 Å². The minimum Gasteiger partial charge on any atom is -0.336 e. The highest BCUT2D eigenvalue weighted by Crippen LogP contribution is 2.43. The first-order valence-corrected chi connectivity index (χ1v) is 8.34. The number of nitrogens with one attached hydrogen (secondary N) is 1. The zero-order chi connectivity index (χ0) is 15.1. The van der Waals surface area contributed by atoms with Crippen molar-refractivity contribution in [1.82, 2.24) is 9.71 Å². The van der Waals surface area contributed by atoms with E-state index in [-0.39, 0.29) is 0 Å². The van der Waals surface area contributed by atoms with Gasteiger partial charge >= 0.3 is 10.3 Å². The zero-order valence-electron chi connectivity index (χ0n) is 11.3. The number of nitrogens with zero attached hydrogens (tertiary/aromatic N) is 1. The number of aryl methyl sites for hydroxylation is 1. The highest BCUT2D eigenvalue weighted by molar-refractivity contribution is 7.84. The molecule has 20 heavy (non-hydrogen) atoms. The van der Waals surface area contributed by atoms with Gasteiger partial charge in [-0.1, -0.05) is 11.6 Å². The second kappa shape index (κ2) is 5.48. The Balaban J connectivity index is 2.31. The summed E-state index contributed by atoms with van der Waals surface area (Å²) in [5.74, 6) is -0.971. The normalized spacial score (nSPS) is 26.1. The van der Waals surface area contributed by atoms with Crippen LogP contribution in [0.15, 0.2) is 0 Å². The Morgan fingerprint density at radius 3 is 2.60 bits per heavy atom. The molecule has 2 unspecified atom stereocenters. The Hall–Kier alpha value is -0.290. The third kappa shape index (κ3) is 3.48. The Morgan fingerprint density at radius 1 is 1.45 bits per heavy atom. The van der Waals surface area contributed by atoms with Crippen molar-refractivity contribution in [2.45, 2.75) is 39.0 Å². The van der Waals surface area contributed by atoms with Gasteiger partial charge in [-0.25, -0.2) is 9.17 Å². The molecule has 10 heteroatoms. The van der Waals surface area contributed by atoms with Crippen LogP contribution >= 0.6 is 22.9 Å². The first-order chi connectivity index (χ1) is 9.13. The van der Waals surface area contributed by atoms with Gasteiger partial charge in [-0.2, -0.15) is 13.1 Å². The molecule has 1 aromatic rings. The average molecular weight is 343 g/mol. The standard InChI is InChI=1S/C10H15ClN2O5S2/c1-5-7(19-9(11)13-5)6-8(17-10(2,3)16-6)18-20(14,15)12-4/h6,8,12H,1-4H3. The highest BCUT2D eigenvalue weighted by Gasteiger charge is 2.46. The number of hydrogen-bond donors (Lipinski definition) is 1. The van der Waals surface area contributed by atoms with E-state index in [1.807, 2.05) is 0 Å².